The van der Waals surface area contributed by atoms with Gasteiger partial charge in [-0.3, -0.25) is 14.3 Å². The Labute approximate surface area is 178 Å². The number of anilines is 1. The summed E-state index contributed by atoms with van der Waals surface area (Å²) in [4.78, 5) is 26.0. The molecule has 0 unspecified atom stereocenters. The number of para-hydroxylation sites is 3. The quantitative estimate of drug-likeness (QED) is 0.446. The van der Waals surface area contributed by atoms with E-state index in [0.717, 1.165) is 22.3 Å². The number of pyridine rings is 1. The van der Waals surface area contributed by atoms with Gasteiger partial charge in [0.1, 0.15) is 6.54 Å². The lowest BCUT2D eigenvalue weighted by Gasteiger charge is -2.16. The van der Waals surface area contributed by atoms with Crippen molar-refractivity contribution in [1.29, 1.82) is 0 Å². The summed E-state index contributed by atoms with van der Waals surface area (Å²) >= 11 is 0. The van der Waals surface area contributed by atoms with Crippen molar-refractivity contribution in [3.05, 3.63) is 107 Å². The molecule has 2 aromatic heterocycles. The third-order valence-electron chi connectivity index (χ3n) is 5.36. The van der Waals surface area contributed by atoms with E-state index in [1.807, 2.05) is 82.2 Å². The van der Waals surface area contributed by atoms with Gasteiger partial charge in [0.25, 0.3) is 0 Å². The zero-order valence-corrected chi connectivity index (χ0v) is 16.7. The Bertz CT molecular complexity index is 1390. The van der Waals surface area contributed by atoms with Gasteiger partial charge in [0, 0.05) is 28.9 Å². The van der Waals surface area contributed by atoms with Crippen LogP contribution in [0.3, 0.4) is 0 Å². The van der Waals surface area contributed by atoms with Crippen LogP contribution in [0.15, 0.2) is 96.1 Å². The first kappa shape index (κ1) is 18.8. The predicted octanol–water partition coefficient (Wildman–Crippen LogP) is 4.04. The minimum Gasteiger partial charge on any atom is -0.331 e. The van der Waals surface area contributed by atoms with Gasteiger partial charge in [-0.2, -0.15) is 5.10 Å². The maximum atomic E-state index is 13.1. The fourth-order valence-electron chi connectivity index (χ4n) is 3.93. The van der Waals surface area contributed by atoms with Crippen LogP contribution in [0, 0.1) is 0 Å². The summed E-state index contributed by atoms with van der Waals surface area (Å²) in [6, 6.07) is 24.4. The largest absolute Gasteiger partial charge is 0.331 e. The predicted molar refractivity (Wildman–Crippen MR) is 122 cm³/mol. The highest BCUT2D eigenvalue weighted by Crippen LogP contribution is 2.20. The Morgan fingerprint density at radius 2 is 1.48 bits per heavy atom. The number of nitrogens with zero attached hydrogens (tertiary/aromatic N) is 3. The number of aromatic nitrogens is 3. The summed E-state index contributed by atoms with van der Waals surface area (Å²) in [5, 5.41) is 8.49. The van der Waals surface area contributed by atoms with Crippen LogP contribution in [-0.4, -0.2) is 20.3 Å². The molecular formula is C25H20N4O2. The van der Waals surface area contributed by atoms with Crippen LogP contribution >= 0.6 is 0 Å². The number of benzene rings is 3. The molecule has 0 atom stereocenters. The summed E-state index contributed by atoms with van der Waals surface area (Å²) in [6.45, 7) is 0.657. The fourth-order valence-corrected chi connectivity index (χ4v) is 3.93. The summed E-state index contributed by atoms with van der Waals surface area (Å²) in [6.07, 6.45) is 3.62. The second-order valence-electron chi connectivity index (χ2n) is 7.36. The number of rotatable bonds is 5. The lowest BCUT2D eigenvalue weighted by molar-refractivity contribution is -0.116. The lowest BCUT2D eigenvalue weighted by atomic mass is 10.1. The van der Waals surface area contributed by atoms with Gasteiger partial charge in [0.2, 0.25) is 5.91 Å². The molecule has 0 aliphatic carbocycles. The highest BCUT2D eigenvalue weighted by molar-refractivity contribution is 5.97. The van der Waals surface area contributed by atoms with Crippen LogP contribution in [0.25, 0.3) is 21.8 Å². The number of carbonyl (C=O) groups excluding carboxylic acids is 1. The van der Waals surface area contributed by atoms with Crippen molar-refractivity contribution < 1.29 is 4.79 Å². The van der Waals surface area contributed by atoms with E-state index >= 15 is 0 Å². The first-order valence-corrected chi connectivity index (χ1v) is 10.1. The third-order valence-corrected chi connectivity index (χ3v) is 5.36. The highest BCUT2D eigenvalue weighted by Gasteiger charge is 2.14. The van der Waals surface area contributed by atoms with E-state index in [-0.39, 0.29) is 17.9 Å². The highest BCUT2D eigenvalue weighted by atomic mass is 16.2. The second kappa shape index (κ2) is 7.91. The van der Waals surface area contributed by atoms with E-state index in [9.17, 15) is 9.59 Å². The van der Waals surface area contributed by atoms with E-state index in [1.54, 1.807) is 18.3 Å². The molecule has 0 saturated carbocycles. The first-order chi connectivity index (χ1) is 15.2. The second-order valence-corrected chi connectivity index (χ2v) is 7.36. The molecule has 5 rings (SSSR count). The Hall–Kier alpha value is -4.19. The molecule has 31 heavy (non-hydrogen) atoms. The SMILES string of the molecule is O=C(Cn1c2ccccc2c(=O)c2ccccc21)Nc1ccccc1Cn1cccn1. The van der Waals surface area contributed by atoms with E-state index in [4.69, 9.17) is 0 Å². The Morgan fingerprint density at radius 3 is 2.16 bits per heavy atom. The maximum absolute atomic E-state index is 13.1. The number of carbonyl (C=O) groups is 1. The molecule has 152 valence electrons. The third kappa shape index (κ3) is 3.59. The van der Waals surface area contributed by atoms with Gasteiger partial charge in [-0.05, 0) is 42.0 Å². The number of hydrogen-bond acceptors (Lipinski definition) is 3. The van der Waals surface area contributed by atoms with Crippen molar-refractivity contribution in [3.8, 4) is 0 Å². The summed E-state index contributed by atoms with van der Waals surface area (Å²) < 4.78 is 3.71. The molecule has 0 saturated heterocycles. The first-order valence-electron chi connectivity index (χ1n) is 10.1. The van der Waals surface area contributed by atoms with Crippen molar-refractivity contribution in [2.24, 2.45) is 0 Å². The van der Waals surface area contributed by atoms with Crippen LogP contribution in [0.2, 0.25) is 0 Å². The molecule has 0 aliphatic heterocycles. The van der Waals surface area contributed by atoms with Crippen LogP contribution in [0.4, 0.5) is 5.69 Å². The molecule has 0 fully saturated rings. The van der Waals surface area contributed by atoms with Crippen molar-refractivity contribution in [2.75, 3.05) is 5.32 Å². The van der Waals surface area contributed by atoms with Crippen molar-refractivity contribution in [3.63, 3.8) is 0 Å². The molecule has 6 nitrogen and oxygen atoms in total. The topological polar surface area (TPSA) is 68.9 Å². The molecule has 1 N–H and O–H groups in total. The molecule has 0 aliphatic rings. The zero-order chi connectivity index (χ0) is 21.2. The maximum Gasteiger partial charge on any atom is 0.244 e. The number of nitrogens with one attached hydrogen (secondary N) is 1. The van der Waals surface area contributed by atoms with Gasteiger partial charge in [-0.25, -0.2) is 0 Å². The molecule has 5 aromatic rings. The van der Waals surface area contributed by atoms with E-state index in [1.165, 1.54) is 0 Å². The Kier molecular flexibility index (Phi) is 4.80. The fraction of sp³-hybridized carbons (Fsp3) is 0.0800. The smallest absolute Gasteiger partial charge is 0.244 e. The monoisotopic (exact) mass is 408 g/mol. The lowest BCUT2D eigenvalue weighted by Crippen LogP contribution is -2.22. The van der Waals surface area contributed by atoms with Crippen LogP contribution < -0.4 is 10.7 Å². The van der Waals surface area contributed by atoms with Crippen molar-refractivity contribution in [1.82, 2.24) is 14.3 Å². The van der Waals surface area contributed by atoms with Gasteiger partial charge < -0.3 is 9.88 Å². The van der Waals surface area contributed by atoms with E-state index in [0.29, 0.717) is 17.3 Å². The number of amides is 1. The standard InChI is InChI=1S/C25H20N4O2/c30-24(27-21-11-4-1-8-18(21)16-28-15-7-14-26-28)17-29-22-12-5-2-9-19(22)25(31)20-10-3-6-13-23(20)29/h1-15H,16-17H2,(H,27,30). The number of fused-ring (bicyclic) bond motifs is 2. The summed E-state index contributed by atoms with van der Waals surface area (Å²) in [5.41, 5.74) is 3.18. The van der Waals surface area contributed by atoms with E-state index in [2.05, 4.69) is 10.4 Å². The van der Waals surface area contributed by atoms with Gasteiger partial charge >= 0.3 is 0 Å². The average Bonchev–Trinajstić information content (AvgIpc) is 3.31. The molecule has 0 radical (unpaired) electrons. The van der Waals surface area contributed by atoms with Gasteiger partial charge in [0.05, 0.1) is 17.6 Å². The van der Waals surface area contributed by atoms with Crippen LogP contribution in [0.1, 0.15) is 5.56 Å². The molecule has 6 heteroatoms. The van der Waals surface area contributed by atoms with Gasteiger partial charge in [0.15, 0.2) is 5.43 Å². The molecular weight excluding hydrogens is 388 g/mol. The molecule has 0 spiro atoms. The zero-order valence-electron chi connectivity index (χ0n) is 16.7. The van der Waals surface area contributed by atoms with E-state index < -0.39 is 0 Å². The van der Waals surface area contributed by atoms with Crippen molar-refractivity contribution in [2.45, 2.75) is 13.1 Å². The van der Waals surface area contributed by atoms with Gasteiger partial charge in [-0.15, -0.1) is 0 Å². The summed E-state index contributed by atoms with van der Waals surface area (Å²) in [5.74, 6) is -0.160. The molecule has 3 aromatic carbocycles. The minimum absolute atomic E-state index is 0.0209. The molecule has 1 amide bonds. The summed E-state index contributed by atoms with van der Waals surface area (Å²) in [7, 11) is 0. The normalized spacial score (nSPS) is 11.1. The van der Waals surface area contributed by atoms with Gasteiger partial charge in [-0.1, -0.05) is 42.5 Å². The van der Waals surface area contributed by atoms with Crippen LogP contribution in [-0.2, 0) is 17.9 Å². The average molecular weight is 408 g/mol. The van der Waals surface area contributed by atoms with Crippen molar-refractivity contribution >= 4 is 33.4 Å². The number of hydrogen-bond donors (Lipinski definition) is 1. The minimum atomic E-state index is -0.160. The Balaban J connectivity index is 1.51. The Morgan fingerprint density at radius 1 is 0.839 bits per heavy atom. The van der Waals surface area contributed by atoms with Crippen LogP contribution in [0.5, 0.6) is 0 Å². The molecule has 2 heterocycles. The molecule has 0 bridgehead atoms.